The molecule has 0 saturated carbocycles. The van der Waals surface area contributed by atoms with Crippen molar-refractivity contribution in [2.45, 2.75) is 57.8 Å². The molecule has 2 aromatic heterocycles. The monoisotopic (exact) mass is 640 g/mol. The van der Waals surface area contributed by atoms with Gasteiger partial charge < -0.3 is 19.1 Å². The summed E-state index contributed by atoms with van der Waals surface area (Å²) in [5, 5.41) is 5.51. The molecule has 10 heteroatoms. The molecule has 1 amide bonds. The molecule has 0 N–H and O–H groups in total. The van der Waals surface area contributed by atoms with Crippen molar-refractivity contribution in [1.82, 2.24) is 19.7 Å². The minimum absolute atomic E-state index is 0.0757. The van der Waals surface area contributed by atoms with Gasteiger partial charge in [0.05, 0.1) is 23.5 Å². The number of pyridine rings is 1. The number of fused-ring (bicyclic) bond motifs is 1. The van der Waals surface area contributed by atoms with Crippen molar-refractivity contribution in [2.75, 3.05) is 13.1 Å². The summed E-state index contributed by atoms with van der Waals surface area (Å²) >= 11 is 0. The van der Waals surface area contributed by atoms with Crippen LogP contribution in [-0.4, -0.2) is 50.4 Å². The number of halogens is 2. The number of aromatic nitrogens is 3. The van der Waals surface area contributed by atoms with Gasteiger partial charge >= 0.3 is 6.09 Å². The molecule has 0 aliphatic carbocycles. The van der Waals surface area contributed by atoms with E-state index < -0.39 is 30.1 Å². The Bertz CT molecular complexity index is 1860. The highest BCUT2D eigenvalue weighted by Gasteiger charge is 2.48. The van der Waals surface area contributed by atoms with Crippen LogP contribution in [0.5, 0.6) is 11.8 Å². The molecule has 1 aliphatic rings. The van der Waals surface area contributed by atoms with Crippen LogP contribution in [0.3, 0.4) is 0 Å². The maximum Gasteiger partial charge on any atom is 0.410 e. The van der Waals surface area contributed by atoms with Crippen LogP contribution >= 0.6 is 0 Å². The minimum atomic E-state index is -3.18. The maximum atomic E-state index is 15.8. The van der Waals surface area contributed by atoms with E-state index in [4.69, 9.17) is 24.3 Å². The second kappa shape index (κ2) is 13.0. The van der Waals surface area contributed by atoms with E-state index in [-0.39, 0.29) is 19.6 Å². The van der Waals surface area contributed by atoms with Gasteiger partial charge in [0, 0.05) is 25.0 Å². The van der Waals surface area contributed by atoms with Crippen LogP contribution in [0.2, 0.25) is 0 Å². The molecule has 1 atom stereocenters. The molecular weight excluding hydrogens is 602 g/mol. The SMILES string of the molecule is Cn1nc(-c2ccc(OCc3ccccc3)nc2OCc2ccccc2)c2cccc([C@H]3CCN(C(=O)OC(C)(C)C)CC3(F)F)c21. The van der Waals surface area contributed by atoms with Crippen LogP contribution < -0.4 is 9.47 Å². The molecule has 8 nitrogen and oxygen atoms in total. The zero-order valence-electron chi connectivity index (χ0n) is 27.0. The third-order valence-corrected chi connectivity index (χ3v) is 8.06. The predicted octanol–water partition coefficient (Wildman–Crippen LogP) is 8.15. The molecular formula is C37H38F2N4O4. The summed E-state index contributed by atoms with van der Waals surface area (Å²) in [4.78, 5) is 18.4. The number of aryl methyl sites for hydroxylation is 1. The van der Waals surface area contributed by atoms with Gasteiger partial charge in [-0.1, -0.05) is 78.9 Å². The molecule has 0 bridgehead atoms. The first kappa shape index (κ1) is 32.0. The van der Waals surface area contributed by atoms with Gasteiger partial charge in [-0.2, -0.15) is 10.1 Å². The summed E-state index contributed by atoms with van der Waals surface area (Å²) in [7, 11) is 1.75. The van der Waals surface area contributed by atoms with Crippen molar-refractivity contribution in [3.8, 4) is 23.0 Å². The zero-order valence-corrected chi connectivity index (χ0v) is 27.0. The fraction of sp³-hybridized carbons (Fsp3) is 0.324. The van der Waals surface area contributed by atoms with Gasteiger partial charge in [-0.25, -0.2) is 13.6 Å². The van der Waals surface area contributed by atoms with E-state index in [9.17, 15) is 4.79 Å². The van der Waals surface area contributed by atoms with E-state index in [1.807, 2.05) is 72.8 Å². The quantitative estimate of drug-likeness (QED) is 0.170. The lowest BCUT2D eigenvalue weighted by Gasteiger charge is -2.39. The van der Waals surface area contributed by atoms with Crippen molar-refractivity contribution in [1.29, 1.82) is 0 Å². The molecule has 3 aromatic carbocycles. The molecule has 0 unspecified atom stereocenters. The number of nitrogens with zero attached hydrogens (tertiary/aromatic N) is 4. The highest BCUT2D eigenvalue weighted by atomic mass is 19.3. The second-order valence-electron chi connectivity index (χ2n) is 12.8. The number of hydrogen-bond donors (Lipinski definition) is 0. The summed E-state index contributed by atoms with van der Waals surface area (Å²) in [5.74, 6) is -3.59. The molecule has 3 heterocycles. The second-order valence-corrected chi connectivity index (χ2v) is 12.8. The molecule has 1 fully saturated rings. The van der Waals surface area contributed by atoms with E-state index in [0.717, 1.165) is 16.0 Å². The number of amides is 1. The van der Waals surface area contributed by atoms with Crippen LogP contribution in [0.25, 0.3) is 22.2 Å². The lowest BCUT2D eigenvalue weighted by atomic mass is 9.85. The topological polar surface area (TPSA) is 78.7 Å². The maximum absolute atomic E-state index is 15.8. The highest BCUT2D eigenvalue weighted by molar-refractivity contribution is 5.96. The number of para-hydroxylation sites is 1. The Morgan fingerprint density at radius 3 is 2.19 bits per heavy atom. The number of carbonyl (C=O) groups is 1. The lowest BCUT2D eigenvalue weighted by Crippen LogP contribution is -2.51. The summed E-state index contributed by atoms with van der Waals surface area (Å²) in [5.41, 5.74) is 3.43. The number of alkyl halides is 2. The van der Waals surface area contributed by atoms with Gasteiger partial charge in [0.15, 0.2) is 0 Å². The fourth-order valence-corrected chi connectivity index (χ4v) is 5.90. The molecule has 5 aromatic rings. The summed E-state index contributed by atoms with van der Waals surface area (Å²) in [6.07, 6.45) is -0.657. The third kappa shape index (κ3) is 7.21. The van der Waals surface area contributed by atoms with Gasteiger partial charge in [0.2, 0.25) is 11.8 Å². The largest absolute Gasteiger partial charge is 0.473 e. The van der Waals surface area contributed by atoms with Crippen molar-refractivity contribution in [3.05, 3.63) is 108 Å². The number of carbonyl (C=O) groups excluding carboxylic acids is 1. The number of hydrogen-bond acceptors (Lipinski definition) is 6. The van der Waals surface area contributed by atoms with E-state index in [2.05, 4.69) is 0 Å². The standard InChI is InChI=1S/C37H38F2N4O4/c1-36(2,3)47-35(44)43-21-20-30(37(38,39)24-43)27-16-11-17-28-32(41-42(4)33(27)28)29-18-19-31(45-22-25-12-7-5-8-13-25)40-34(29)46-23-26-14-9-6-10-15-26/h5-19,30H,20-24H2,1-4H3/t30-/m1/s1. The Morgan fingerprint density at radius 1 is 0.894 bits per heavy atom. The summed E-state index contributed by atoms with van der Waals surface area (Å²) in [6, 6.07) is 28.5. The Hall–Kier alpha value is -4.99. The first-order chi connectivity index (χ1) is 22.5. The Morgan fingerprint density at radius 2 is 1.55 bits per heavy atom. The number of likely N-dealkylation sites (tertiary alicyclic amines) is 1. The number of rotatable bonds is 8. The molecule has 47 heavy (non-hydrogen) atoms. The fourth-order valence-electron chi connectivity index (χ4n) is 5.90. The summed E-state index contributed by atoms with van der Waals surface area (Å²) in [6.45, 7) is 5.19. The van der Waals surface area contributed by atoms with Gasteiger partial charge in [-0.3, -0.25) is 4.68 Å². The smallest absolute Gasteiger partial charge is 0.410 e. The number of benzene rings is 3. The van der Waals surface area contributed by atoms with Crippen LogP contribution in [0, 0.1) is 0 Å². The van der Waals surface area contributed by atoms with E-state index in [0.29, 0.717) is 46.1 Å². The van der Waals surface area contributed by atoms with Crippen molar-refractivity contribution >= 4 is 17.0 Å². The van der Waals surface area contributed by atoms with E-state index in [1.54, 1.807) is 50.7 Å². The zero-order chi connectivity index (χ0) is 33.2. The molecule has 0 spiro atoms. The average Bonchev–Trinajstić information content (AvgIpc) is 3.39. The normalized spacial score (nSPS) is 16.2. The lowest BCUT2D eigenvalue weighted by molar-refractivity contribution is -0.0846. The first-order valence-corrected chi connectivity index (χ1v) is 15.6. The number of ether oxygens (including phenoxy) is 3. The number of piperidine rings is 1. The first-order valence-electron chi connectivity index (χ1n) is 15.6. The Kier molecular flexibility index (Phi) is 8.86. The molecule has 1 aliphatic heterocycles. The van der Waals surface area contributed by atoms with Crippen molar-refractivity contribution in [3.63, 3.8) is 0 Å². The Balaban J connectivity index is 1.33. The minimum Gasteiger partial charge on any atom is -0.473 e. The molecule has 244 valence electrons. The van der Waals surface area contributed by atoms with Crippen molar-refractivity contribution < 1.29 is 27.8 Å². The van der Waals surface area contributed by atoms with E-state index in [1.165, 1.54) is 0 Å². The van der Waals surface area contributed by atoms with Crippen LogP contribution in [0.4, 0.5) is 13.6 Å². The molecule has 1 saturated heterocycles. The molecule has 6 rings (SSSR count). The van der Waals surface area contributed by atoms with Gasteiger partial charge in [0.1, 0.15) is 24.5 Å². The van der Waals surface area contributed by atoms with Crippen LogP contribution in [0.1, 0.15) is 49.8 Å². The van der Waals surface area contributed by atoms with E-state index >= 15 is 8.78 Å². The van der Waals surface area contributed by atoms with Crippen molar-refractivity contribution in [2.24, 2.45) is 7.05 Å². The van der Waals surface area contributed by atoms with Gasteiger partial charge in [-0.15, -0.1) is 0 Å². The van der Waals surface area contributed by atoms with Crippen LogP contribution in [0.15, 0.2) is 91.0 Å². The van der Waals surface area contributed by atoms with Gasteiger partial charge in [0.25, 0.3) is 5.92 Å². The third-order valence-electron chi connectivity index (χ3n) is 8.06. The molecule has 0 radical (unpaired) electrons. The predicted molar refractivity (Wildman–Crippen MR) is 176 cm³/mol. The van der Waals surface area contributed by atoms with Gasteiger partial charge in [-0.05, 0) is 49.9 Å². The van der Waals surface area contributed by atoms with Crippen LogP contribution in [-0.2, 0) is 25.0 Å². The Labute approximate surface area is 272 Å². The highest BCUT2D eigenvalue weighted by Crippen LogP contribution is 2.45. The average molecular weight is 641 g/mol. The summed E-state index contributed by atoms with van der Waals surface area (Å²) < 4.78 is 50.9.